The minimum atomic E-state index is 0.106. The number of ether oxygens (including phenoxy) is 1. The Balaban J connectivity index is 2.65. The number of methoxy groups -OCH3 is 1. The monoisotopic (exact) mass is 188 g/mol. The fourth-order valence-corrected chi connectivity index (χ4v) is 2.35. The number of hydrogen-bond acceptors (Lipinski definition) is 4. The number of thioether (sulfide) groups is 1. The number of hydrogen-bond donors (Lipinski definition) is 0. The van der Waals surface area contributed by atoms with Crippen LogP contribution in [0.1, 0.15) is 6.92 Å². The van der Waals surface area contributed by atoms with Crippen LogP contribution in [0.15, 0.2) is 16.3 Å². The number of carbonyl (C=O) groups is 1. The molecule has 0 saturated carbocycles. The summed E-state index contributed by atoms with van der Waals surface area (Å²) in [6.07, 6.45) is 0. The van der Waals surface area contributed by atoms with E-state index in [4.69, 9.17) is 4.74 Å². The summed E-state index contributed by atoms with van der Waals surface area (Å²) >= 11 is 2.72. The Morgan fingerprint density at radius 1 is 1.64 bits per heavy atom. The van der Waals surface area contributed by atoms with Gasteiger partial charge in [-0.05, 0) is 23.9 Å². The first-order chi connectivity index (χ1) is 5.22. The molecule has 1 rings (SSSR count). The van der Waals surface area contributed by atoms with Gasteiger partial charge in [-0.15, -0.1) is 0 Å². The predicted octanol–water partition coefficient (Wildman–Crippen LogP) is 2.40. The zero-order valence-electron chi connectivity index (χ0n) is 6.29. The zero-order valence-corrected chi connectivity index (χ0v) is 7.92. The third kappa shape index (κ3) is 2.55. The Bertz CT molecular complexity index is 255. The van der Waals surface area contributed by atoms with Gasteiger partial charge >= 0.3 is 0 Å². The minimum Gasteiger partial charge on any atom is -0.487 e. The molecule has 11 heavy (non-hydrogen) atoms. The lowest BCUT2D eigenvalue weighted by molar-refractivity contribution is -0.109. The van der Waals surface area contributed by atoms with Gasteiger partial charge in [0, 0.05) is 6.92 Å². The summed E-state index contributed by atoms with van der Waals surface area (Å²) in [7, 11) is 1.62. The third-order valence-electron chi connectivity index (χ3n) is 1.00. The van der Waals surface area contributed by atoms with Crippen molar-refractivity contribution in [1.29, 1.82) is 0 Å². The van der Waals surface area contributed by atoms with E-state index < -0.39 is 0 Å². The highest BCUT2D eigenvalue weighted by Gasteiger charge is 2.02. The maximum atomic E-state index is 10.6. The predicted molar refractivity (Wildman–Crippen MR) is 47.4 cm³/mol. The van der Waals surface area contributed by atoms with Gasteiger partial charge in [-0.1, -0.05) is 11.3 Å². The molecule has 0 bridgehead atoms. The molecule has 1 aromatic heterocycles. The molecule has 1 heterocycles. The Morgan fingerprint density at radius 3 is 2.82 bits per heavy atom. The highest BCUT2D eigenvalue weighted by molar-refractivity contribution is 8.15. The van der Waals surface area contributed by atoms with Crippen molar-refractivity contribution >= 4 is 28.2 Å². The van der Waals surface area contributed by atoms with E-state index in [1.165, 1.54) is 23.1 Å². The van der Waals surface area contributed by atoms with Crippen LogP contribution in [-0.2, 0) is 4.79 Å². The fraction of sp³-hybridized carbons (Fsp3) is 0.286. The lowest BCUT2D eigenvalue weighted by Gasteiger charge is -1.89. The quantitative estimate of drug-likeness (QED) is 0.667. The van der Waals surface area contributed by atoms with Crippen LogP contribution < -0.4 is 4.74 Å². The summed E-state index contributed by atoms with van der Waals surface area (Å²) < 4.78 is 5.95. The molecule has 0 fully saturated rings. The number of carbonyl (C=O) groups excluding carboxylic acids is 1. The first kappa shape index (κ1) is 8.62. The molecule has 0 unspecified atom stereocenters. The molecule has 0 N–H and O–H groups in total. The van der Waals surface area contributed by atoms with Crippen LogP contribution in [0.2, 0.25) is 0 Å². The van der Waals surface area contributed by atoms with Gasteiger partial charge in [0.25, 0.3) is 0 Å². The van der Waals surface area contributed by atoms with Crippen LogP contribution in [0.25, 0.3) is 0 Å². The minimum absolute atomic E-state index is 0.106. The van der Waals surface area contributed by atoms with Gasteiger partial charge in [-0.25, -0.2) is 0 Å². The highest BCUT2D eigenvalue weighted by Crippen LogP contribution is 2.32. The zero-order chi connectivity index (χ0) is 8.27. The van der Waals surface area contributed by atoms with E-state index in [0.717, 1.165) is 9.27 Å². The van der Waals surface area contributed by atoms with E-state index in [9.17, 15) is 4.79 Å². The van der Waals surface area contributed by atoms with E-state index in [-0.39, 0.29) is 5.12 Å². The van der Waals surface area contributed by atoms with Crippen molar-refractivity contribution in [3.8, 4) is 5.06 Å². The van der Waals surface area contributed by atoms with Gasteiger partial charge < -0.3 is 4.74 Å². The lowest BCUT2D eigenvalue weighted by Crippen LogP contribution is -1.76. The summed E-state index contributed by atoms with van der Waals surface area (Å²) in [6.45, 7) is 1.55. The van der Waals surface area contributed by atoms with Crippen molar-refractivity contribution in [2.75, 3.05) is 7.11 Å². The maximum absolute atomic E-state index is 10.6. The van der Waals surface area contributed by atoms with Gasteiger partial charge in [-0.3, -0.25) is 4.79 Å². The smallest absolute Gasteiger partial charge is 0.191 e. The summed E-state index contributed by atoms with van der Waals surface area (Å²) in [5, 5.41) is 0.947. The largest absolute Gasteiger partial charge is 0.487 e. The van der Waals surface area contributed by atoms with Crippen LogP contribution in [0.5, 0.6) is 5.06 Å². The molecule has 1 aromatic rings. The van der Waals surface area contributed by atoms with Gasteiger partial charge in [-0.2, -0.15) is 0 Å². The molecule has 4 heteroatoms. The Hall–Kier alpha value is -0.480. The fourth-order valence-electron chi connectivity index (χ4n) is 0.609. The van der Waals surface area contributed by atoms with Crippen molar-refractivity contribution in [2.45, 2.75) is 11.1 Å². The Kier molecular flexibility index (Phi) is 2.96. The number of thiophene rings is 1. The lowest BCUT2D eigenvalue weighted by atomic mass is 10.6. The summed E-state index contributed by atoms with van der Waals surface area (Å²) in [5.41, 5.74) is 0. The molecular weight excluding hydrogens is 180 g/mol. The second kappa shape index (κ2) is 3.78. The topological polar surface area (TPSA) is 26.3 Å². The Labute approximate surface area is 73.6 Å². The van der Waals surface area contributed by atoms with Crippen molar-refractivity contribution in [3.63, 3.8) is 0 Å². The molecule has 0 aliphatic rings. The summed E-state index contributed by atoms with van der Waals surface area (Å²) in [5.74, 6) is 0. The van der Waals surface area contributed by atoms with Gasteiger partial charge in [0.1, 0.15) is 0 Å². The Morgan fingerprint density at radius 2 is 2.36 bits per heavy atom. The van der Waals surface area contributed by atoms with Crippen molar-refractivity contribution in [1.82, 2.24) is 0 Å². The standard InChI is InChI=1S/C7H8O2S2/c1-5(8)10-7-4-3-6(9-2)11-7/h3-4H,1-2H3. The molecule has 0 spiro atoms. The highest BCUT2D eigenvalue weighted by atomic mass is 32.2. The molecule has 0 aliphatic carbocycles. The van der Waals surface area contributed by atoms with Crippen LogP contribution in [0.4, 0.5) is 0 Å². The van der Waals surface area contributed by atoms with Crippen molar-refractivity contribution in [3.05, 3.63) is 12.1 Å². The number of rotatable bonds is 2. The van der Waals surface area contributed by atoms with Crippen molar-refractivity contribution in [2.24, 2.45) is 0 Å². The SMILES string of the molecule is COc1ccc(SC(C)=O)s1. The van der Waals surface area contributed by atoms with Gasteiger partial charge in [0.15, 0.2) is 10.2 Å². The summed E-state index contributed by atoms with van der Waals surface area (Å²) in [4.78, 5) is 10.6. The average Bonchev–Trinajstić information content (AvgIpc) is 2.34. The van der Waals surface area contributed by atoms with Crippen LogP contribution in [0.3, 0.4) is 0 Å². The molecule has 0 aliphatic heterocycles. The van der Waals surface area contributed by atoms with Crippen LogP contribution in [0, 0.1) is 0 Å². The normalized spacial score (nSPS) is 9.64. The average molecular weight is 188 g/mol. The molecular formula is C7H8O2S2. The molecule has 0 radical (unpaired) electrons. The summed E-state index contributed by atoms with van der Waals surface area (Å²) in [6, 6.07) is 3.74. The third-order valence-corrected chi connectivity index (χ3v) is 2.97. The molecule has 2 nitrogen and oxygen atoms in total. The second-order valence-electron chi connectivity index (χ2n) is 1.87. The molecule has 0 amide bonds. The van der Waals surface area contributed by atoms with Gasteiger partial charge in [0.2, 0.25) is 0 Å². The first-order valence-corrected chi connectivity index (χ1v) is 4.68. The van der Waals surface area contributed by atoms with Crippen molar-refractivity contribution < 1.29 is 9.53 Å². The van der Waals surface area contributed by atoms with E-state index >= 15 is 0 Å². The first-order valence-electron chi connectivity index (χ1n) is 3.04. The van der Waals surface area contributed by atoms with Crippen LogP contribution >= 0.6 is 23.1 Å². The molecule has 60 valence electrons. The van der Waals surface area contributed by atoms with Crippen LogP contribution in [-0.4, -0.2) is 12.2 Å². The van der Waals surface area contributed by atoms with E-state index in [0.29, 0.717) is 0 Å². The molecule has 0 saturated heterocycles. The van der Waals surface area contributed by atoms with Gasteiger partial charge in [0.05, 0.1) is 11.3 Å². The molecule has 0 atom stereocenters. The second-order valence-corrected chi connectivity index (χ2v) is 4.39. The molecule has 0 aromatic carbocycles. The maximum Gasteiger partial charge on any atom is 0.191 e. The van der Waals surface area contributed by atoms with E-state index in [1.54, 1.807) is 14.0 Å². The van der Waals surface area contributed by atoms with E-state index in [2.05, 4.69) is 0 Å². The van der Waals surface area contributed by atoms with E-state index in [1.807, 2.05) is 12.1 Å².